The molecule has 0 saturated carbocycles. The van der Waals surface area contributed by atoms with Crippen molar-refractivity contribution in [3.63, 3.8) is 0 Å². The minimum Gasteiger partial charge on any atom is -0.310 e. The zero-order valence-corrected chi connectivity index (χ0v) is 34.0. The average molecular weight is 789 g/mol. The molecule has 0 amide bonds. The Hall–Kier alpha value is -8.20. The largest absolute Gasteiger partial charge is 0.310 e. The van der Waals surface area contributed by atoms with E-state index < -0.39 is 0 Å². The quantitative estimate of drug-likeness (QED) is 0.156. The fourth-order valence-electron chi connectivity index (χ4n) is 9.73. The molecule has 0 N–H and O–H groups in total. The van der Waals surface area contributed by atoms with Gasteiger partial charge < -0.3 is 9.47 Å². The summed E-state index contributed by atoms with van der Waals surface area (Å²) < 4.78 is 2.42. The monoisotopic (exact) mass is 788 g/mol. The SMILES string of the molecule is c1ccc(-n2c3ccccc3c3c(-c4cccc(N(c5ccc(-c6cccc7ccccc67)cc5)c5ccc(-c6cccc7ccccc67)cc5)c4)c4ccccc4cc32)cc1. The van der Waals surface area contributed by atoms with Gasteiger partial charge in [0.2, 0.25) is 0 Å². The number of nitrogens with zero attached hydrogens (tertiary/aromatic N) is 2. The molecule has 2 heteroatoms. The number of para-hydroxylation sites is 2. The van der Waals surface area contributed by atoms with Crippen LogP contribution < -0.4 is 4.90 Å². The fourth-order valence-corrected chi connectivity index (χ4v) is 9.73. The maximum atomic E-state index is 2.42. The van der Waals surface area contributed by atoms with Gasteiger partial charge in [-0.15, -0.1) is 0 Å². The maximum absolute atomic E-state index is 2.42. The lowest BCUT2D eigenvalue weighted by atomic mass is 9.92. The first-order chi connectivity index (χ1) is 30.8. The summed E-state index contributed by atoms with van der Waals surface area (Å²) in [5.41, 5.74) is 14.1. The van der Waals surface area contributed by atoms with Gasteiger partial charge in [-0.3, -0.25) is 0 Å². The van der Waals surface area contributed by atoms with Gasteiger partial charge in [0.05, 0.1) is 11.0 Å². The van der Waals surface area contributed by atoms with Crippen LogP contribution in [0.3, 0.4) is 0 Å². The third-order valence-corrected chi connectivity index (χ3v) is 12.5. The molecule has 0 fully saturated rings. The molecule has 1 heterocycles. The first kappa shape index (κ1) is 35.7. The van der Waals surface area contributed by atoms with Gasteiger partial charge in [0.1, 0.15) is 0 Å². The van der Waals surface area contributed by atoms with Crippen LogP contribution in [0.5, 0.6) is 0 Å². The highest BCUT2D eigenvalue weighted by molar-refractivity contribution is 6.23. The van der Waals surface area contributed by atoms with Crippen LogP contribution in [0.25, 0.3) is 93.2 Å². The van der Waals surface area contributed by atoms with E-state index in [1.54, 1.807) is 0 Å². The molecule has 0 unspecified atom stereocenters. The van der Waals surface area contributed by atoms with Crippen LogP contribution >= 0.6 is 0 Å². The van der Waals surface area contributed by atoms with E-state index in [2.05, 4.69) is 252 Å². The molecule has 290 valence electrons. The van der Waals surface area contributed by atoms with E-state index in [4.69, 9.17) is 0 Å². The van der Waals surface area contributed by atoms with Crippen LogP contribution in [0.4, 0.5) is 17.1 Å². The van der Waals surface area contributed by atoms with E-state index in [0.29, 0.717) is 0 Å². The molecule has 0 aliphatic rings. The van der Waals surface area contributed by atoms with Crippen LogP contribution in [0.1, 0.15) is 0 Å². The Bertz CT molecular complexity index is 3480. The van der Waals surface area contributed by atoms with E-state index in [9.17, 15) is 0 Å². The standard InChI is InChI=1S/C60H40N2/c1-2-21-47(22-3-1)62-57-30-11-10-27-56(57)60-58(62)40-45-17-6-9-26-55(45)59(60)46-20-12-23-50(39-46)61(48-35-31-43(32-36-48)53-28-13-18-41-15-4-7-24-51(41)53)49-37-33-44(34-38-49)54-29-14-19-42-16-5-8-25-52(42)54/h1-40H. The molecule has 0 spiro atoms. The summed E-state index contributed by atoms with van der Waals surface area (Å²) in [6, 6.07) is 88.5. The number of rotatable bonds is 7. The maximum Gasteiger partial charge on any atom is 0.0553 e. The molecule has 0 atom stereocenters. The van der Waals surface area contributed by atoms with Crippen LogP contribution in [0.15, 0.2) is 243 Å². The number of fused-ring (bicyclic) bond motifs is 6. The zero-order chi connectivity index (χ0) is 41.0. The van der Waals surface area contributed by atoms with Crippen molar-refractivity contribution >= 4 is 71.2 Å². The topological polar surface area (TPSA) is 8.17 Å². The molecular formula is C60H40N2. The average Bonchev–Trinajstić information content (AvgIpc) is 3.67. The molecule has 2 nitrogen and oxygen atoms in total. The highest BCUT2D eigenvalue weighted by Gasteiger charge is 2.21. The Labute approximate surface area is 360 Å². The molecule has 1 aromatic heterocycles. The molecular weight excluding hydrogens is 749 g/mol. The predicted molar refractivity (Wildman–Crippen MR) is 264 cm³/mol. The minimum atomic E-state index is 1.09. The predicted octanol–water partition coefficient (Wildman–Crippen LogP) is 16.7. The third-order valence-electron chi connectivity index (χ3n) is 12.5. The van der Waals surface area contributed by atoms with Gasteiger partial charge in [-0.25, -0.2) is 0 Å². The lowest BCUT2D eigenvalue weighted by Gasteiger charge is -2.27. The van der Waals surface area contributed by atoms with Gasteiger partial charge in [-0.2, -0.15) is 0 Å². The van der Waals surface area contributed by atoms with E-state index in [1.807, 2.05) is 0 Å². The summed E-state index contributed by atoms with van der Waals surface area (Å²) in [6.45, 7) is 0. The molecule has 0 radical (unpaired) electrons. The van der Waals surface area contributed by atoms with Gasteiger partial charge in [-0.1, -0.05) is 182 Å². The molecule has 0 saturated heterocycles. The molecule has 12 rings (SSSR count). The molecule has 0 aliphatic carbocycles. The Morgan fingerprint density at radius 1 is 0.290 bits per heavy atom. The van der Waals surface area contributed by atoms with Gasteiger partial charge >= 0.3 is 0 Å². The number of hydrogen-bond acceptors (Lipinski definition) is 1. The second-order valence-corrected chi connectivity index (χ2v) is 16.1. The summed E-state index contributed by atoms with van der Waals surface area (Å²) in [7, 11) is 0. The smallest absolute Gasteiger partial charge is 0.0553 e. The molecule has 62 heavy (non-hydrogen) atoms. The summed E-state index contributed by atoms with van der Waals surface area (Å²) >= 11 is 0. The van der Waals surface area contributed by atoms with E-state index in [0.717, 1.165) is 22.7 Å². The second-order valence-electron chi connectivity index (χ2n) is 16.1. The highest BCUT2D eigenvalue weighted by Crippen LogP contribution is 2.45. The molecule has 0 bridgehead atoms. The highest BCUT2D eigenvalue weighted by atomic mass is 15.1. The molecule has 0 aliphatic heterocycles. The minimum absolute atomic E-state index is 1.09. The fraction of sp³-hybridized carbons (Fsp3) is 0. The van der Waals surface area contributed by atoms with Crippen molar-refractivity contribution in [2.45, 2.75) is 0 Å². The van der Waals surface area contributed by atoms with Crippen molar-refractivity contribution in [2.24, 2.45) is 0 Å². The van der Waals surface area contributed by atoms with Crippen molar-refractivity contribution in [3.05, 3.63) is 243 Å². The normalized spacial score (nSPS) is 11.5. The van der Waals surface area contributed by atoms with Crippen LogP contribution in [-0.2, 0) is 0 Å². The number of hydrogen-bond donors (Lipinski definition) is 0. The number of benzene rings is 11. The Kier molecular flexibility index (Phi) is 8.53. The van der Waals surface area contributed by atoms with E-state index in [-0.39, 0.29) is 0 Å². The van der Waals surface area contributed by atoms with Crippen molar-refractivity contribution in [3.8, 4) is 39.1 Å². The van der Waals surface area contributed by atoms with Gasteiger partial charge in [0.25, 0.3) is 0 Å². The summed E-state index contributed by atoms with van der Waals surface area (Å²) in [5.74, 6) is 0. The Morgan fingerprint density at radius 2 is 0.790 bits per heavy atom. The van der Waals surface area contributed by atoms with Gasteiger partial charge in [0, 0.05) is 33.5 Å². The number of anilines is 3. The Morgan fingerprint density at radius 3 is 1.42 bits per heavy atom. The Balaban J connectivity index is 1.05. The first-order valence-corrected chi connectivity index (χ1v) is 21.3. The lowest BCUT2D eigenvalue weighted by Crippen LogP contribution is -2.10. The molecule has 12 aromatic rings. The van der Waals surface area contributed by atoms with Gasteiger partial charge in [0.15, 0.2) is 0 Å². The van der Waals surface area contributed by atoms with Crippen LogP contribution in [-0.4, -0.2) is 4.57 Å². The van der Waals surface area contributed by atoms with Crippen LogP contribution in [0, 0.1) is 0 Å². The van der Waals surface area contributed by atoms with E-state index in [1.165, 1.54) is 87.5 Å². The van der Waals surface area contributed by atoms with Crippen molar-refractivity contribution < 1.29 is 0 Å². The van der Waals surface area contributed by atoms with Gasteiger partial charge in [-0.05, 0) is 126 Å². The second kappa shape index (κ2) is 14.8. The zero-order valence-electron chi connectivity index (χ0n) is 34.0. The van der Waals surface area contributed by atoms with Crippen molar-refractivity contribution in [1.82, 2.24) is 4.57 Å². The summed E-state index contributed by atoms with van der Waals surface area (Å²) in [5, 5.41) is 9.94. The number of aromatic nitrogens is 1. The third kappa shape index (κ3) is 5.96. The summed E-state index contributed by atoms with van der Waals surface area (Å²) in [6.07, 6.45) is 0. The van der Waals surface area contributed by atoms with E-state index >= 15 is 0 Å². The van der Waals surface area contributed by atoms with Crippen LogP contribution in [0.2, 0.25) is 0 Å². The summed E-state index contributed by atoms with van der Waals surface area (Å²) in [4.78, 5) is 2.40. The lowest BCUT2D eigenvalue weighted by molar-refractivity contribution is 1.18. The van der Waals surface area contributed by atoms with Crippen molar-refractivity contribution in [2.75, 3.05) is 4.90 Å². The van der Waals surface area contributed by atoms with Crippen molar-refractivity contribution in [1.29, 1.82) is 0 Å². The first-order valence-electron chi connectivity index (χ1n) is 21.3. The molecule has 11 aromatic carbocycles.